The van der Waals surface area contributed by atoms with Crippen LogP contribution in [0.15, 0.2) is 64.0 Å². The van der Waals surface area contributed by atoms with Crippen LogP contribution in [0.2, 0.25) is 0 Å². The zero-order chi connectivity index (χ0) is 16.8. The monoisotopic (exact) mass is 405 g/mol. The first-order valence-corrected chi connectivity index (χ1v) is 10.0. The summed E-state index contributed by atoms with van der Waals surface area (Å²) < 4.78 is 1.06. The van der Waals surface area contributed by atoms with E-state index < -0.39 is 0 Å². The van der Waals surface area contributed by atoms with E-state index in [4.69, 9.17) is 0 Å². The molecule has 0 aromatic heterocycles. The predicted molar refractivity (Wildman–Crippen MR) is 102 cm³/mol. The van der Waals surface area contributed by atoms with Crippen LogP contribution < -0.4 is 10.2 Å². The second kappa shape index (κ2) is 8.70. The minimum Gasteiger partial charge on any atom is -0.347 e. The van der Waals surface area contributed by atoms with E-state index in [1.54, 1.807) is 16.7 Å². The molecule has 1 amide bonds. The van der Waals surface area contributed by atoms with E-state index in [-0.39, 0.29) is 5.91 Å². The number of likely N-dealkylation sites (tertiary alicyclic amines) is 1. The fourth-order valence-electron chi connectivity index (χ4n) is 3.05. The van der Waals surface area contributed by atoms with Gasteiger partial charge in [-0.25, -0.2) is 0 Å². The lowest BCUT2D eigenvalue weighted by Gasteiger charge is -2.14. The molecule has 1 saturated heterocycles. The standard InChI is InChI=1S/C19H21BrN2OS/c20-16-6-8-18(9-7-16)24-14-19(23)21-17-10-11-22(13-17)12-15-4-2-1-3-5-15/h1-9,17H,10-14H2,(H,21,23)/p+1/t17-/m1/s1. The number of amides is 1. The van der Waals surface area contributed by atoms with Gasteiger partial charge in [0.05, 0.1) is 24.9 Å². The molecule has 2 N–H and O–H groups in total. The lowest BCUT2D eigenvalue weighted by Crippen LogP contribution is -3.09. The molecule has 126 valence electrons. The molecule has 2 aromatic carbocycles. The van der Waals surface area contributed by atoms with Crippen LogP contribution in [0.5, 0.6) is 0 Å². The Morgan fingerprint density at radius 3 is 2.67 bits per heavy atom. The Bertz CT molecular complexity index is 663. The molecule has 2 aromatic rings. The lowest BCUT2D eigenvalue weighted by atomic mass is 10.2. The maximum atomic E-state index is 12.2. The second-order valence-corrected chi connectivity index (χ2v) is 8.13. The van der Waals surface area contributed by atoms with Crippen molar-refractivity contribution < 1.29 is 9.69 Å². The van der Waals surface area contributed by atoms with E-state index >= 15 is 0 Å². The molecule has 0 radical (unpaired) electrons. The normalized spacial score (nSPS) is 20.0. The maximum Gasteiger partial charge on any atom is 0.230 e. The molecule has 2 atom stereocenters. The number of thioether (sulfide) groups is 1. The Balaban J connectivity index is 1.40. The van der Waals surface area contributed by atoms with Crippen LogP contribution >= 0.6 is 27.7 Å². The Morgan fingerprint density at radius 1 is 1.17 bits per heavy atom. The average molecular weight is 406 g/mol. The van der Waals surface area contributed by atoms with Crippen molar-refractivity contribution >= 4 is 33.6 Å². The highest BCUT2D eigenvalue weighted by molar-refractivity contribution is 9.10. The first-order valence-electron chi connectivity index (χ1n) is 8.24. The number of hydrogen-bond donors (Lipinski definition) is 2. The zero-order valence-corrected chi connectivity index (χ0v) is 15.9. The Morgan fingerprint density at radius 2 is 1.92 bits per heavy atom. The Hall–Kier alpha value is -1.30. The van der Waals surface area contributed by atoms with E-state index in [0.717, 1.165) is 35.4 Å². The molecule has 1 aliphatic rings. The molecular formula is C19H22BrN2OS+. The maximum absolute atomic E-state index is 12.2. The van der Waals surface area contributed by atoms with Crippen molar-refractivity contribution in [2.24, 2.45) is 0 Å². The summed E-state index contributed by atoms with van der Waals surface area (Å²) in [4.78, 5) is 14.8. The third-order valence-electron chi connectivity index (χ3n) is 4.23. The largest absolute Gasteiger partial charge is 0.347 e. The van der Waals surface area contributed by atoms with Gasteiger partial charge in [0, 0.05) is 21.4 Å². The van der Waals surface area contributed by atoms with Crippen molar-refractivity contribution in [1.29, 1.82) is 0 Å². The molecule has 0 saturated carbocycles. The van der Waals surface area contributed by atoms with Crippen molar-refractivity contribution in [3.05, 3.63) is 64.6 Å². The number of halogens is 1. The van der Waals surface area contributed by atoms with Gasteiger partial charge in [-0.05, 0) is 24.3 Å². The van der Waals surface area contributed by atoms with Gasteiger partial charge in [0.15, 0.2) is 0 Å². The molecule has 0 aliphatic carbocycles. The summed E-state index contributed by atoms with van der Waals surface area (Å²) in [5.74, 6) is 0.612. The van der Waals surface area contributed by atoms with Gasteiger partial charge in [0.1, 0.15) is 6.54 Å². The number of carbonyl (C=O) groups excluding carboxylic acids is 1. The Labute approximate surface area is 155 Å². The number of carbonyl (C=O) groups is 1. The predicted octanol–water partition coefficient (Wildman–Crippen LogP) is 2.51. The van der Waals surface area contributed by atoms with Crippen LogP contribution in [0.3, 0.4) is 0 Å². The molecule has 0 spiro atoms. The fraction of sp³-hybridized carbons (Fsp3) is 0.316. The lowest BCUT2D eigenvalue weighted by molar-refractivity contribution is -0.901. The van der Waals surface area contributed by atoms with Crippen LogP contribution in [-0.2, 0) is 11.3 Å². The zero-order valence-electron chi connectivity index (χ0n) is 13.5. The van der Waals surface area contributed by atoms with Gasteiger partial charge in [-0.3, -0.25) is 4.79 Å². The molecule has 1 fully saturated rings. The average Bonchev–Trinajstić information content (AvgIpc) is 3.02. The topological polar surface area (TPSA) is 33.5 Å². The van der Waals surface area contributed by atoms with Gasteiger partial charge < -0.3 is 10.2 Å². The smallest absolute Gasteiger partial charge is 0.230 e. The summed E-state index contributed by atoms with van der Waals surface area (Å²) >= 11 is 5.01. The van der Waals surface area contributed by atoms with Gasteiger partial charge in [0.2, 0.25) is 5.91 Å². The van der Waals surface area contributed by atoms with Gasteiger partial charge in [0.25, 0.3) is 0 Å². The van der Waals surface area contributed by atoms with Crippen molar-refractivity contribution in [1.82, 2.24) is 5.32 Å². The van der Waals surface area contributed by atoms with Crippen molar-refractivity contribution in [2.75, 3.05) is 18.8 Å². The molecule has 3 nitrogen and oxygen atoms in total. The highest BCUT2D eigenvalue weighted by Gasteiger charge is 2.27. The first kappa shape index (κ1) is 17.5. The molecule has 0 bridgehead atoms. The molecule has 5 heteroatoms. The van der Waals surface area contributed by atoms with E-state index in [2.05, 4.69) is 51.6 Å². The van der Waals surface area contributed by atoms with Gasteiger partial charge in [-0.2, -0.15) is 0 Å². The summed E-state index contributed by atoms with van der Waals surface area (Å²) in [6, 6.07) is 18.9. The number of hydrogen-bond acceptors (Lipinski definition) is 2. The van der Waals surface area contributed by atoms with Crippen LogP contribution in [0, 0.1) is 0 Å². The number of nitrogens with one attached hydrogen (secondary N) is 2. The first-order chi connectivity index (χ1) is 11.7. The minimum absolute atomic E-state index is 0.133. The molecule has 1 heterocycles. The highest BCUT2D eigenvalue weighted by atomic mass is 79.9. The fourth-order valence-corrected chi connectivity index (χ4v) is 4.02. The van der Waals surface area contributed by atoms with Crippen LogP contribution in [-0.4, -0.2) is 30.8 Å². The second-order valence-electron chi connectivity index (χ2n) is 6.16. The van der Waals surface area contributed by atoms with Crippen LogP contribution in [0.25, 0.3) is 0 Å². The van der Waals surface area contributed by atoms with E-state index in [1.165, 1.54) is 5.56 Å². The van der Waals surface area contributed by atoms with Crippen molar-refractivity contribution in [3.8, 4) is 0 Å². The molecular weight excluding hydrogens is 384 g/mol. The number of benzene rings is 2. The quantitative estimate of drug-likeness (QED) is 0.723. The van der Waals surface area contributed by atoms with E-state index in [9.17, 15) is 4.79 Å². The van der Waals surface area contributed by atoms with Crippen molar-refractivity contribution in [3.63, 3.8) is 0 Å². The third-order valence-corrected chi connectivity index (χ3v) is 5.77. The van der Waals surface area contributed by atoms with Gasteiger partial charge >= 0.3 is 0 Å². The molecule has 3 rings (SSSR count). The van der Waals surface area contributed by atoms with Crippen LogP contribution in [0.4, 0.5) is 0 Å². The Kier molecular flexibility index (Phi) is 6.35. The molecule has 1 unspecified atom stereocenters. The summed E-state index contributed by atoms with van der Waals surface area (Å²) in [6.07, 6.45) is 1.07. The summed E-state index contributed by atoms with van der Waals surface area (Å²) in [5, 5.41) is 3.19. The summed E-state index contributed by atoms with van der Waals surface area (Å²) in [7, 11) is 0. The van der Waals surface area contributed by atoms with Crippen LogP contribution in [0.1, 0.15) is 12.0 Å². The summed E-state index contributed by atoms with van der Waals surface area (Å²) in [6.45, 7) is 3.18. The number of quaternary nitrogens is 1. The number of rotatable bonds is 6. The summed E-state index contributed by atoms with van der Waals surface area (Å²) in [5.41, 5.74) is 1.37. The molecule has 24 heavy (non-hydrogen) atoms. The third kappa shape index (κ3) is 5.36. The minimum atomic E-state index is 0.133. The van der Waals surface area contributed by atoms with E-state index in [1.807, 2.05) is 24.3 Å². The van der Waals surface area contributed by atoms with Gasteiger partial charge in [-0.15, -0.1) is 11.8 Å². The van der Waals surface area contributed by atoms with E-state index in [0.29, 0.717) is 11.8 Å². The molecule has 1 aliphatic heterocycles. The van der Waals surface area contributed by atoms with Crippen molar-refractivity contribution in [2.45, 2.75) is 23.9 Å². The van der Waals surface area contributed by atoms with Gasteiger partial charge in [-0.1, -0.05) is 46.3 Å². The SMILES string of the molecule is O=C(CSc1ccc(Br)cc1)N[C@@H]1CC[NH+](Cc2ccccc2)C1. The highest BCUT2D eigenvalue weighted by Crippen LogP contribution is 2.20.